The van der Waals surface area contributed by atoms with Gasteiger partial charge in [0.15, 0.2) is 0 Å². The van der Waals surface area contributed by atoms with Crippen molar-refractivity contribution in [2.24, 2.45) is 5.73 Å². The van der Waals surface area contributed by atoms with Crippen molar-refractivity contribution >= 4 is 27.2 Å². The molecule has 0 unspecified atom stereocenters. The van der Waals surface area contributed by atoms with E-state index in [2.05, 4.69) is 0 Å². The summed E-state index contributed by atoms with van der Waals surface area (Å²) >= 11 is 4.92. The van der Waals surface area contributed by atoms with Crippen LogP contribution in [0, 0.1) is 6.92 Å². The minimum absolute atomic E-state index is 0.155. The molecule has 0 atom stereocenters. The number of sulfonamides is 1. The molecule has 0 aromatic heterocycles. The Morgan fingerprint density at radius 1 is 1.47 bits per heavy atom. The lowest BCUT2D eigenvalue weighted by molar-refractivity contribution is 0.420. The van der Waals surface area contributed by atoms with Crippen molar-refractivity contribution in [3.8, 4) is 0 Å². The smallest absolute Gasteiger partial charge is 0.243 e. The van der Waals surface area contributed by atoms with Crippen LogP contribution in [0.1, 0.15) is 30.9 Å². The summed E-state index contributed by atoms with van der Waals surface area (Å²) in [5, 5.41) is 0. The zero-order valence-corrected chi connectivity index (χ0v) is 12.7. The zero-order valence-electron chi connectivity index (χ0n) is 11.1. The van der Waals surface area contributed by atoms with Gasteiger partial charge in [0.25, 0.3) is 0 Å². The number of rotatable bonds is 5. The second-order valence-electron chi connectivity index (χ2n) is 4.78. The molecule has 19 heavy (non-hydrogen) atoms. The quantitative estimate of drug-likeness (QED) is 0.842. The highest BCUT2D eigenvalue weighted by Gasteiger charge is 2.37. The number of benzene rings is 1. The summed E-state index contributed by atoms with van der Waals surface area (Å²) in [7, 11) is -3.46. The van der Waals surface area contributed by atoms with E-state index in [9.17, 15) is 8.42 Å². The Morgan fingerprint density at radius 3 is 2.58 bits per heavy atom. The van der Waals surface area contributed by atoms with Crippen LogP contribution in [-0.4, -0.2) is 30.3 Å². The lowest BCUT2D eigenvalue weighted by Gasteiger charge is -2.21. The van der Waals surface area contributed by atoms with Gasteiger partial charge in [-0.15, -0.1) is 0 Å². The first-order valence-electron chi connectivity index (χ1n) is 6.30. The second kappa shape index (κ2) is 5.19. The minimum Gasteiger partial charge on any atom is -0.389 e. The van der Waals surface area contributed by atoms with Crippen LogP contribution in [0.4, 0.5) is 0 Å². The molecule has 1 saturated carbocycles. The number of hydrogen-bond donors (Lipinski definition) is 1. The fraction of sp³-hybridized carbons (Fsp3) is 0.462. The molecule has 0 bridgehead atoms. The van der Waals surface area contributed by atoms with E-state index in [4.69, 9.17) is 18.0 Å². The monoisotopic (exact) mass is 298 g/mol. The average Bonchev–Trinajstić information content (AvgIpc) is 3.14. The number of thiocarbonyl (C=S) groups is 1. The molecular formula is C13H18N2O2S2. The molecule has 6 heteroatoms. The van der Waals surface area contributed by atoms with Gasteiger partial charge >= 0.3 is 0 Å². The summed E-state index contributed by atoms with van der Waals surface area (Å²) in [6.07, 6.45) is 1.89. The maximum atomic E-state index is 12.7. The van der Waals surface area contributed by atoms with Gasteiger partial charge in [-0.3, -0.25) is 0 Å². The van der Waals surface area contributed by atoms with Crippen LogP contribution in [0.3, 0.4) is 0 Å². The Morgan fingerprint density at radius 2 is 2.11 bits per heavy atom. The first-order valence-corrected chi connectivity index (χ1v) is 8.15. The summed E-state index contributed by atoms with van der Waals surface area (Å²) in [4.78, 5) is 0.525. The lowest BCUT2D eigenvalue weighted by atomic mass is 10.1. The summed E-state index contributed by atoms with van der Waals surface area (Å²) < 4.78 is 26.9. The maximum Gasteiger partial charge on any atom is 0.243 e. The Hall–Kier alpha value is -0.980. The minimum atomic E-state index is -3.46. The SMILES string of the molecule is CCN(C1CC1)S(=O)(=O)c1cc(C(N)=S)ccc1C. The molecule has 2 rings (SSSR count). The molecule has 0 amide bonds. The van der Waals surface area contributed by atoms with Gasteiger partial charge in [-0.05, 0) is 31.4 Å². The van der Waals surface area contributed by atoms with Crippen molar-refractivity contribution in [1.29, 1.82) is 0 Å². The third-order valence-corrected chi connectivity index (χ3v) is 5.73. The summed E-state index contributed by atoms with van der Waals surface area (Å²) in [6, 6.07) is 5.24. The molecular weight excluding hydrogens is 280 g/mol. The highest BCUT2D eigenvalue weighted by atomic mass is 32.2. The van der Waals surface area contributed by atoms with E-state index in [1.807, 2.05) is 6.92 Å². The van der Waals surface area contributed by atoms with E-state index in [1.165, 1.54) is 0 Å². The number of hydrogen-bond acceptors (Lipinski definition) is 3. The third kappa shape index (κ3) is 2.80. The molecule has 0 saturated heterocycles. The first kappa shape index (κ1) is 14.4. The Balaban J connectivity index is 2.49. The topological polar surface area (TPSA) is 63.4 Å². The van der Waals surface area contributed by atoms with Crippen LogP contribution >= 0.6 is 12.2 Å². The van der Waals surface area contributed by atoms with Crippen LogP contribution < -0.4 is 5.73 Å². The van der Waals surface area contributed by atoms with E-state index in [0.717, 1.165) is 18.4 Å². The molecule has 2 N–H and O–H groups in total. The van der Waals surface area contributed by atoms with Gasteiger partial charge in [-0.2, -0.15) is 4.31 Å². The predicted molar refractivity (Wildman–Crippen MR) is 79.7 cm³/mol. The number of nitrogens with zero attached hydrogens (tertiary/aromatic N) is 1. The molecule has 1 aliphatic rings. The number of aryl methyl sites for hydroxylation is 1. The third-order valence-electron chi connectivity index (χ3n) is 3.33. The molecule has 0 radical (unpaired) electrons. The van der Waals surface area contributed by atoms with Gasteiger partial charge in [-0.25, -0.2) is 8.42 Å². The van der Waals surface area contributed by atoms with E-state index >= 15 is 0 Å². The average molecular weight is 298 g/mol. The van der Waals surface area contributed by atoms with Gasteiger partial charge in [0.2, 0.25) is 10.0 Å². The van der Waals surface area contributed by atoms with Gasteiger partial charge in [0.1, 0.15) is 4.99 Å². The fourth-order valence-corrected chi connectivity index (χ4v) is 4.22. The molecule has 1 aromatic rings. The lowest BCUT2D eigenvalue weighted by Crippen LogP contribution is -2.33. The normalized spacial score (nSPS) is 15.7. The largest absolute Gasteiger partial charge is 0.389 e. The van der Waals surface area contributed by atoms with Crippen molar-refractivity contribution in [1.82, 2.24) is 4.31 Å². The van der Waals surface area contributed by atoms with Crippen molar-refractivity contribution in [2.75, 3.05) is 6.54 Å². The summed E-state index contributed by atoms with van der Waals surface area (Å²) in [5.41, 5.74) is 6.89. The molecule has 1 aliphatic carbocycles. The maximum absolute atomic E-state index is 12.7. The van der Waals surface area contributed by atoms with Crippen LogP contribution in [-0.2, 0) is 10.0 Å². The molecule has 1 fully saturated rings. The van der Waals surface area contributed by atoms with E-state index < -0.39 is 10.0 Å². The summed E-state index contributed by atoms with van der Waals surface area (Å²) in [6.45, 7) is 4.14. The molecule has 0 heterocycles. The Bertz CT molecular complexity index is 607. The Labute approximate surface area is 119 Å². The van der Waals surface area contributed by atoms with Crippen LogP contribution in [0.25, 0.3) is 0 Å². The highest BCUT2D eigenvalue weighted by Crippen LogP contribution is 2.32. The van der Waals surface area contributed by atoms with Gasteiger partial charge in [0.05, 0.1) is 4.90 Å². The standard InChI is InChI=1S/C13H18N2O2S2/c1-3-15(11-6-7-11)19(16,17)12-8-10(13(14)18)5-4-9(12)2/h4-5,8,11H,3,6-7H2,1-2H3,(H2,14,18). The van der Waals surface area contributed by atoms with E-state index in [1.54, 1.807) is 29.4 Å². The molecule has 104 valence electrons. The van der Waals surface area contributed by atoms with Crippen LogP contribution in [0.5, 0.6) is 0 Å². The number of nitrogens with two attached hydrogens (primary N) is 1. The van der Waals surface area contributed by atoms with Crippen molar-refractivity contribution in [3.05, 3.63) is 29.3 Å². The van der Waals surface area contributed by atoms with Crippen molar-refractivity contribution < 1.29 is 8.42 Å². The van der Waals surface area contributed by atoms with E-state index in [0.29, 0.717) is 17.0 Å². The van der Waals surface area contributed by atoms with Gasteiger partial charge in [0, 0.05) is 18.2 Å². The first-order chi connectivity index (χ1) is 8.87. The zero-order chi connectivity index (χ0) is 14.2. The molecule has 4 nitrogen and oxygen atoms in total. The van der Waals surface area contributed by atoms with Crippen molar-refractivity contribution in [3.63, 3.8) is 0 Å². The summed E-state index contributed by atoms with van der Waals surface area (Å²) in [5.74, 6) is 0. The fourth-order valence-electron chi connectivity index (χ4n) is 2.14. The van der Waals surface area contributed by atoms with Crippen LogP contribution in [0.15, 0.2) is 23.1 Å². The second-order valence-corrected chi connectivity index (χ2v) is 7.08. The predicted octanol–water partition coefficient (Wildman–Crippen LogP) is 1.80. The van der Waals surface area contributed by atoms with Crippen LogP contribution in [0.2, 0.25) is 0 Å². The molecule has 0 aliphatic heterocycles. The van der Waals surface area contributed by atoms with Gasteiger partial charge < -0.3 is 5.73 Å². The van der Waals surface area contributed by atoms with E-state index in [-0.39, 0.29) is 11.0 Å². The molecule has 1 aromatic carbocycles. The highest BCUT2D eigenvalue weighted by molar-refractivity contribution is 7.89. The Kier molecular flexibility index (Phi) is 3.94. The molecule has 0 spiro atoms. The van der Waals surface area contributed by atoms with Gasteiger partial charge in [-0.1, -0.05) is 31.3 Å². The van der Waals surface area contributed by atoms with Crippen molar-refractivity contribution in [2.45, 2.75) is 37.6 Å².